The first-order chi connectivity index (χ1) is 18.3. The second kappa shape index (κ2) is 12.6. The number of anilines is 1. The summed E-state index contributed by atoms with van der Waals surface area (Å²) in [5, 5.41) is 6.37. The molecule has 1 aliphatic rings. The van der Waals surface area contributed by atoms with Crippen LogP contribution in [0.1, 0.15) is 34.6 Å². The number of amides is 2. The van der Waals surface area contributed by atoms with Crippen LogP contribution < -0.4 is 20.1 Å². The van der Waals surface area contributed by atoms with Crippen molar-refractivity contribution in [3.8, 4) is 17.2 Å². The minimum atomic E-state index is -0.315. The second-order valence-corrected chi connectivity index (χ2v) is 9.67. The first-order valence-electron chi connectivity index (χ1n) is 12.8. The summed E-state index contributed by atoms with van der Waals surface area (Å²) in [6.07, 6.45) is -0.124. The molecular formula is C30H35N3O5. The molecule has 0 saturated heterocycles. The molecule has 0 aliphatic carbocycles. The molecule has 0 unspecified atom stereocenters. The Morgan fingerprint density at radius 3 is 2.55 bits per heavy atom. The highest BCUT2D eigenvalue weighted by Gasteiger charge is 2.25. The van der Waals surface area contributed by atoms with Crippen LogP contribution in [0.15, 0.2) is 72.8 Å². The lowest BCUT2D eigenvalue weighted by Gasteiger charge is -2.30. The molecule has 38 heavy (non-hydrogen) atoms. The fraction of sp³-hybridized carbons (Fsp3) is 0.333. The van der Waals surface area contributed by atoms with Gasteiger partial charge in [-0.25, -0.2) is 0 Å². The predicted molar refractivity (Wildman–Crippen MR) is 147 cm³/mol. The van der Waals surface area contributed by atoms with Gasteiger partial charge in [0.15, 0.2) is 0 Å². The third-order valence-electron chi connectivity index (χ3n) is 6.56. The Labute approximate surface area is 223 Å². The monoisotopic (exact) mass is 517 g/mol. The van der Waals surface area contributed by atoms with Crippen LogP contribution in [0.2, 0.25) is 0 Å². The Bertz CT molecular complexity index is 1250. The van der Waals surface area contributed by atoms with Gasteiger partial charge in [-0.15, -0.1) is 0 Å². The fourth-order valence-corrected chi connectivity index (χ4v) is 4.27. The molecule has 8 nitrogen and oxygen atoms in total. The Morgan fingerprint density at radius 2 is 1.79 bits per heavy atom. The fourth-order valence-electron chi connectivity index (χ4n) is 4.27. The molecule has 0 radical (unpaired) electrons. The van der Waals surface area contributed by atoms with Crippen molar-refractivity contribution in [2.24, 2.45) is 5.92 Å². The van der Waals surface area contributed by atoms with Crippen molar-refractivity contribution in [2.75, 3.05) is 39.2 Å². The SMILES string of the molecule is CO[C@H]1CN(C)C(=O)c2cc(NC(=O)c3cccc(Oc4ccccc4)c3)ccc2OC[C@@H](C)NC[C@H]1C. The van der Waals surface area contributed by atoms with E-state index in [4.69, 9.17) is 14.2 Å². The van der Waals surface area contributed by atoms with Crippen LogP contribution in [-0.4, -0.2) is 62.7 Å². The normalized spacial score (nSPS) is 20.4. The number of likely N-dealkylation sites (N-methyl/N-ethyl adjacent to an activating group) is 1. The smallest absolute Gasteiger partial charge is 0.257 e. The number of rotatable bonds is 5. The van der Waals surface area contributed by atoms with E-state index in [1.807, 2.05) is 37.3 Å². The van der Waals surface area contributed by atoms with Crippen LogP contribution in [-0.2, 0) is 4.74 Å². The van der Waals surface area contributed by atoms with E-state index >= 15 is 0 Å². The maximum atomic E-state index is 13.5. The average molecular weight is 518 g/mol. The highest BCUT2D eigenvalue weighted by Crippen LogP contribution is 2.27. The summed E-state index contributed by atoms with van der Waals surface area (Å²) in [6.45, 7) is 5.71. The van der Waals surface area contributed by atoms with E-state index in [1.165, 1.54) is 0 Å². The van der Waals surface area contributed by atoms with Crippen molar-refractivity contribution in [2.45, 2.75) is 26.0 Å². The van der Waals surface area contributed by atoms with Gasteiger partial charge in [0, 0.05) is 44.5 Å². The minimum absolute atomic E-state index is 0.0832. The zero-order valence-corrected chi connectivity index (χ0v) is 22.3. The Hall–Kier alpha value is -3.88. The largest absolute Gasteiger partial charge is 0.491 e. The van der Waals surface area contributed by atoms with E-state index in [-0.39, 0.29) is 29.9 Å². The maximum Gasteiger partial charge on any atom is 0.257 e. The standard InChI is InChI=1S/C30H35N3O5/c1-20-17-31-21(2)19-37-27-14-13-23(16-26(27)30(35)33(3)18-28(20)36-4)32-29(34)22-9-8-12-25(15-22)38-24-10-6-5-7-11-24/h5-16,20-21,28,31H,17-19H2,1-4H3,(H,32,34)/t20-,21-,28+/m1/s1. The third kappa shape index (κ3) is 6.90. The number of carbonyl (C=O) groups excluding carboxylic acids is 2. The van der Waals surface area contributed by atoms with E-state index in [9.17, 15) is 9.59 Å². The summed E-state index contributed by atoms with van der Waals surface area (Å²) >= 11 is 0. The molecule has 3 atom stereocenters. The van der Waals surface area contributed by atoms with Gasteiger partial charge in [0.1, 0.15) is 23.9 Å². The summed E-state index contributed by atoms with van der Waals surface area (Å²) in [5.74, 6) is 1.38. The number of hydrogen-bond donors (Lipinski definition) is 2. The molecule has 3 aromatic rings. The predicted octanol–water partition coefficient (Wildman–Crippen LogP) is 4.82. The molecular weight excluding hydrogens is 482 g/mol. The van der Waals surface area contributed by atoms with E-state index in [0.29, 0.717) is 47.2 Å². The molecule has 8 heteroatoms. The molecule has 1 heterocycles. The lowest BCUT2D eigenvalue weighted by Crippen LogP contribution is -2.44. The van der Waals surface area contributed by atoms with Gasteiger partial charge in [0.05, 0.1) is 11.7 Å². The molecule has 0 aromatic heterocycles. The van der Waals surface area contributed by atoms with Gasteiger partial charge >= 0.3 is 0 Å². The molecule has 0 spiro atoms. The maximum absolute atomic E-state index is 13.5. The Morgan fingerprint density at radius 1 is 1.03 bits per heavy atom. The van der Waals surface area contributed by atoms with Crippen LogP contribution in [0.5, 0.6) is 17.2 Å². The first-order valence-corrected chi connectivity index (χ1v) is 12.8. The number of nitrogens with zero attached hydrogens (tertiary/aromatic N) is 1. The molecule has 0 fully saturated rings. The van der Waals surface area contributed by atoms with Gasteiger partial charge in [0.25, 0.3) is 11.8 Å². The number of para-hydroxylation sites is 1. The van der Waals surface area contributed by atoms with Crippen LogP contribution in [0.25, 0.3) is 0 Å². The third-order valence-corrected chi connectivity index (χ3v) is 6.56. The average Bonchev–Trinajstić information content (AvgIpc) is 2.93. The molecule has 0 saturated carbocycles. The Balaban J connectivity index is 1.55. The van der Waals surface area contributed by atoms with Crippen LogP contribution in [0.4, 0.5) is 5.69 Å². The van der Waals surface area contributed by atoms with Crippen molar-refractivity contribution in [1.29, 1.82) is 0 Å². The van der Waals surface area contributed by atoms with Gasteiger partial charge in [-0.1, -0.05) is 31.2 Å². The van der Waals surface area contributed by atoms with Crippen molar-refractivity contribution < 1.29 is 23.8 Å². The minimum Gasteiger partial charge on any atom is -0.491 e. The summed E-state index contributed by atoms with van der Waals surface area (Å²) in [7, 11) is 3.41. The van der Waals surface area contributed by atoms with Gasteiger partial charge in [-0.2, -0.15) is 0 Å². The second-order valence-electron chi connectivity index (χ2n) is 9.67. The lowest BCUT2D eigenvalue weighted by atomic mass is 10.0. The van der Waals surface area contributed by atoms with Crippen molar-refractivity contribution >= 4 is 17.5 Å². The number of fused-ring (bicyclic) bond motifs is 1. The highest BCUT2D eigenvalue weighted by molar-refractivity contribution is 6.05. The van der Waals surface area contributed by atoms with Gasteiger partial charge in [0.2, 0.25) is 0 Å². The van der Waals surface area contributed by atoms with Crippen molar-refractivity contribution in [3.05, 3.63) is 83.9 Å². The number of carbonyl (C=O) groups is 2. The molecule has 2 N–H and O–H groups in total. The van der Waals surface area contributed by atoms with E-state index in [0.717, 1.165) is 6.54 Å². The highest BCUT2D eigenvalue weighted by atomic mass is 16.5. The van der Waals surface area contributed by atoms with Crippen LogP contribution >= 0.6 is 0 Å². The molecule has 2 amide bonds. The molecule has 4 rings (SSSR count). The first kappa shape index (κ1) is 27.2. The molecule has 1 aliphatic heterocycles. The number of nitrogens with one attached hydrogen (secondary N) is 2. The van der Waals surface area contributed by atoms with E-state index in [2.05, 4.69) is 17.6 Å². The van der Waals surface area contributed by atoms with Gasteiger partial charge < -0.3 is 29.7 Å². The molecule has 3 aromatic carbocycles. The van der Waals surface area contributed by atoms with E-state index < -0.39 is 0 Å². The quantitative estimate of drug-likeness (QED) is 0.504. The van der Waals surface area contributed by atoms with Crippen LogP contribution in [0, 0.1) is 5.92 Å². The molecule has 0 bridgehead atoms. The molecule has 200 valence electrons. The summed E-state index contributed by atoms with van der Waals surface area (Å²) in [4.78, 5) is 28.2. The zero-order valence-electron chi connectivity index (χ0n) is 22.3. The summed E-state index contributed by atoms with van der Waals surface area (Å²) < 4.78 is 17.6. The number of ether oxygens (including phenoxy) is 3. The van der Waals surface area contributed by atoms with Crippen molar-refractivity contribution in [3.63, 3.8) is 0 Å². The summed E-state index contributed by atoms with van der Waals surface area (Å²) in [5.41, 5.74) is 1.30. The number of methoxy groups -OCH3 is 1. The lowest BCUT2D eigenvalue weighted by molar-refractivity contribution is 0.0281. The van der Waals surface area contributed by atoms with Crippen molar-refractivity contribution in [1.82, 2.24) is 10.2 Å². The van der Waals surface area contributed by atoms with E-state index in [1.54, 1.807) is 61.5 Å². The summed E-state index contributed by atoms with van der Waals surface area (Å²) in [6, 6.07) is 21.5. The zero-order chi connectivity index (χ0) is 27.1. The Kier molecular flexibility index (Phi) is 8.99. The van der Waals surface area contributed by atoms with Gasteiger partial charge in [-0.3, -0.25) is 9.59 Å². The number of benzene rings is 3. The van der Waals surface area contributed by atoms with Gasteiger partial charge in [-0.05, 0) is 61.4 Å². The number of hydrogen-bond acceptors (Lipinski definition) is 6. The van der Waals surface area contributed by atoms with Crippen LogP contribution in [0.3, 0.4) is 0 Å². The topological polar surface area (TPSA) is 89.1 Å².